The van der Waals surface area contributed by atoms with Crippen LogP contribution in [-0.2, 0) is 0 Å². The van der Waals surface area contributed by atoms with E-state index in [1.54, 1.807) is 11.1 Å². The summed E-state index contributed by atoms with van der Waals surface area (Å²) in [5, 5.41) is 0. The molecule has 5 nitrogen and oxygen atoms in total. The molecule has 7 heteroatoms. The lowest BCUT2D eigenvalue weighted by Gasteiger charge is -2.19. The van der Waals surface area contributed by atoms with Crippen molar-refractivity contribution in [3.05, 3.63) is 58.0 Å². The Morgan fingerprint density at radius 1 is 1.15 bits per heavy atom. The van der Waals surface area contributed by atoms with Crippen molar-refractivity contribution >= 4 is 39.0 Å². The van der Waals surface area contributed by atoms with Gasteiger partial charge in [-0.2, -0.15) is 0 Å². The maximum Gasteiger partial charge on any atom is 0.269 e. The molecule has 0 unspecified atom stereocenters. The Balaban J connectivity index is 1.59. The van der Waals surface area contributed by atoms with Crippen LogP contribution in [0.25, 0.3) is 10.4 Å². The Labute approximate surface area is 169 Å². The molecular formula is C20H17BrN2O3S. The third-order valence-electron chi connectivity index (χ3n) is 4.19. The Kier molecular flexibility index (Phi) is 5.13. The van der Waals surface area contributed by atoms with Gasteiger partial charge in [0.05, 0.1) is 4.88 Å². The smallest absolute Gasteiger partial charge is 0.269 e. The Bertz CT molecular complexity index is 972. The Morgan fingerprint density at radius 2 is 1.96 bits per heavy atom. The molecule has 0 N–H and O–H groups in total. The highest BCUT2D eigenvalue weighted by atomic mass is 79.9. The van der Waals surface area contributed by atoms with Crippen molar-refractivity contribution in [1.82, 2.24) is 4.98 Å². The lowest BCUT2D eigenvalue weighted by molar-refractivity contribution is 0.0991. The maximum absolute atomic E-state index is 13.0. The van der Waals surface area contributed by atoms with E-state index in [9.17, 15) is 4.79 Å². The first-order valence-electron chi connectivity index (χ1n) is 8.59. The molecule has 0 bridgehead atoms. The van der Waals surface area contributed by atoms with Crippen molar-refractivity contribution in [3.63, 3.8) is 0 Å². The summed E-state index contributed by atoms with van der Waals surface area (Å²) in [5.41, 5.74) is 1.01. The van der Waals surface area contributed by atoms with Gasteiger partial charge in [-0.05, 0) is 70.9 Å². The summed E-state index contributed by atoms with van der Waals surface area (Å²) in [6, 6.07) is 13.4. The first kappa shape index (κ1) is 18.0. The van der Waals surface area contributed by atoms with Gasteiger partial charge in [-0.3, -0.25) is 9.69 Å². The summed E-state index contributed by atoms with van der Waals surface area (Å²) in [5.74, 6) is 2.09. The lowest BCUT2D eigenvalue weighted by Crippen LogP contribution is -2.30. The second-order valence-electron chi connectivity index (χ2n) is 5.91. The second kappa shape index (κ2) is 7.70. The average Bonchev–Trinajstić information content (AvgIpc) is 3.20. The van der Waals surface area contributed by atoms with Gasteiger partial charge in [-0.1, -0.05) is 0 Å². The van der Waals surface area contributed by atoms with Crippen molar-refractivity contribution in [2.75, 3.05) is 24.7 Å². The van der Waals surface area contributed by atoms with Crippen molar-refractivity contribution in [3.8, 4) is 21.9 Å². The first-order chi connectivity index (χ1) is 13.2. The molecule has 3 heterocycles. The van der Waals surface area contributed by atoms with Crippen LogP contribution in [0.2, 0.25) is 0 Å². The molecule has 27 heavy (non-hydrogen) atoms. The van der Waals surface area contributed by atoms with Gasteiger partial charge in [0.1, 0.15) is 19.0 Å². The van der Waals surface area contributed by atoms with Gasteiger partial charge >= 0.3 is 0 Å². The van der Waals surface area contributed by atoms with Crippen LogP contribution in [0, 0.1) is 0 Å². The van der Waals surface area contributed by atoms with Crippen molar-refractivity contribution < 1.29 is 14.3 Å². The number of fused-ring (bicyclic) bond motifs is 1. The van der Waals surface area contributed by atoms with Crippen LogP contribution < -0.4 is 14.4 Å². The minimum Gasteiger partial charge on any atom is -0.486 e. The van der Waals surface area contributed by atoms with Crippen LogP contribution in [-0.4, -0.2) is 30.6 Å². The monoisotopic (exact) mass is 444 g/mol. The molecule has 2 aromatic heterocycles. The molecule has 1 aromatic carbocycles. The molecule has 1 aliphatic rings. The molecule has 3 aromatic rings. The topological polar surface area (TPSA) is 51.7 Å². The van der Waals surface area contributed by atoms with E-state index in [0.29, 0.717) is 30.5 Å². The summed E-state index contributed by atoms with van der Waals surface area (Å²) >= 11 is 4.83. The number of hydrogen-bond donors (Lipinski definition) is 0. The quantitative estimate of drug-likeness (QED) is 0.567. The normalized spacial score (nSPS) is 12.7. The summed E-state index contributed by atoms with van der Waals surface area (Å²) < 4.78 is 12.1. The highest BCUT2D eigenvalue weighted by Crippen LogP contribution is 2.37. The zero-order valence-electron chi connectivity index (χ0n) is 14.6. The zero-order chi connectivity index (χ0) is 18.8. The maximum atomic E-state index is 13.0. The number of rotatable bonds is 4. The van der Waals surface area contributed by atoms with Crippen LogP contribution in [0.5, 0.6) is 11.5 Å². The molecule has 0 saturated carbocycles. The highest BCUT2D eigenvalue weighted by molar-refractivity contribution is 9.10. The number of carbonyl (C=O) groups is 1. The van der Waals surface area contributed by atoms with E-state index in [2.05, 4.69) is 20.9 Å². The van der Waals surface area contributed by atoms with E-state index in [1.807, 2.05) is 49.4 Å². The van der Waals surface area contributed by atoms with Crippen molar-refractivity contribution in [1.29, 1.82) is 0 Å². The summed E-state index contributed by atoms with van der Waals surface area (Å²) in [6.07, 6.45) is 1.69. The number of nitrogens with zero attached hydrogens (tertiary/aromatic N) is 2. The highest BCUT2D eigenvalue weighted by Gasteiger charge is 2.20. The van der Waals surface area contributed by atoms with Gasteiger partial charge in [0.15, 0.2) is 11.5 Å². The number of carbonyl (C=O) groups excluding carboxylic acids is 1. The molecule has 0 radical (unpaired) electrons. The number of hydrogen-bond acceptors (Lipinski definition) is 5. The summed E-state index contributed by atoms with van der Waals surface area (Å²) in [4.78, 5) is 20.7. The number of ether oxygens (including phenoxy) is 2. The van der Waals surface area contributed by atoms with E-state index >= 15 is 0 Å². The Hall–Kier alpha value is -2.38. The number of benzene rings is 1. The molecule has 0 spiro atoms. The number of halogens is 1. The molecule has 138 valence electrons. The molecule has 0 aliphatic carbocycles. The molecule has 4 rings (SSSR count). The second-order valence-corrected chi connectivity index (χ2v) is 7.91. The van der Waals surface area contributed by atoms with Crippen LogP contribution in [0.1, 0.15) is 16.6 Å². The third-order valence-corrected chi connectivity index (χ3v) is 5.78. The largest absolute Gasteiger partial charge is 0.486 e. The van der Waals surface area contributed by atoms with Crippen LogP contribution >= 0.6 is 27.3 Å². The third kappa shape index (κ3) is 3.70. The van der Waals surface area contributed by atoms with Crippen molar-refractivity contribution in [2.45, 2.75) is 6.92 Å². The van der Waals surface area contributed by atoms with E-state index < -0.39 is 0 Å². The minimum absolute atomic E-state index is 0.0545. The lowest BCUT2D eigenvalue weighted by atomic mass is 10.1. The summed E-state index contributed by atoms with van der Waals surface area (Å²) in [7, 11) is 0. The summed E-state index contributed by atoms with van der Waals surface area (Å²) in [6.45, 7) is 3.61. The fourth-order valence-corrected chi connectivity index (χ4v) is 4.06. The molecule has 0 fully saturated rings. The molecule has 1 aliphatic heterocycles. The standard InChI is InChI=1S/C20H17BrN2O3S/c1-2-23(19-8-4-14(21)12-22-19)20(24)18-7-6-17(27-18)13-3-5-15-16(11-13)26-10-9-25-15/h3-8,11-12H,2,9-10H2,1H3. The predicted molar refractivity (Wildman–Crippen MR) is 110 cm³/mol. The fraction of sp³-hybridized carbons (Fsp3) is 0.200. The molecule has 1 amide bonds. The molecule has 0 atom stereocenters. The van der Waals surface area contributed by atoms with E-state index in [0.717, 1.165) is 26.4 Å². The number of anilines is 1. The van der Waals surface area contributed by atoms with Crippen LogP contribution in [0.15, 0.2) is 53.1 Å². The number of amides is 1. The van der Waals surface area contributed by atoms with Gasteiger partial charge in [0.25, 0.3) is 5.91 Å². The van der Waals surface area contributed by atoms with Crippen LogP contribution in [0.3, 0.4) is 0 Å². The van der Waals surface area contributed by atoms with Gasteiger partial charge in [0.2, 0.25) is 0 Å². The Morgan fingerprint density at radius 3 is 2.70 bits per heavy atom. The molecular weight excluding hydrogens is 428 g/mol. The van der Waals surface area contributed by atoms with E-state index in [4.69, 9.17) is 9.47 Å². The fourth-order valence-electron chi connectivity index (χ4n) is 2.87. The van der Waals surface area contributed by atoms with Gasteiger partial charge in [-0.25, -0.2) is 4.98 Å². The first-order valence-corrected chi connectivity index (χ1v) is 10.2. The van der Waals surface area contributed by atoms with Crippen molar-refractivity contribution in [2.24, 2.45) is 0 Å². The predicted octanol–water partition coefficient (Wildman–Crippen LogP) is 5.01. The minimum atomic E-state index is -0.0545. The average molecular weight is 445 g/mol. The number of aromatic nitrogens is 1. The SMILES string of the molecule is CCN(C(=O)c1ccc(-c2ccc3c(c2)OCCO3)s1)c1ccc(Br)cn1. The van der Waals surface area contributed by atoms with Crippen LogP contribution in [0.4, 0.5) is 5.82 Å². The molecule has 0 saturated heterocycles. The van der Waals surface area contributed by atoms with E-state index in [1.165, 1.54) is 11.3 Å². The zero-order valence-corrected chi connectivity index (χ0v) is 17.0. The van der Waals surface area contributed by atoms with Gasteiger partial charge in [0, 0.05) is 22.1 Å². The van der Waals surface area contributed by atoms with Gasteiger partial charge in [-0.15, -0.1) is 11.3 Å². The number of thiophene rings is 1. The van der Waals surface area contributed by atoms with E-state index in [-0.39, 0.29) is 5.91 Å². The van der Waals surface area contributed by atoms with Gasteiger partial charge < -0.3 is 9.47 Å². The number of pyridine rings is 1.